The molecule has 0 radical (unpaired) electrons. The molecule has 2 amide bonds. The number of hydrogen-bond donors (Lipinski definition) is 3. The van der Waals surface area contributed by atoms with E-state index >= 15 is 0 Å². The Morgan fingerprint density at radius 3 is 2.53 bits per heavy atom. The van der Waals surface area contributed by atoms with Crippen LogP contribution in [0.2, 0.25) is 0 Å². The average molecular weight is 213 g/mol. The minimum atomic E-state index is -0.441. The Bertz CT molecular complexity index is 188. The molecule has 0 aromatic carbocycles. The van der Waals surface area contributed by atoms with Gasteiger partial charge in [0.1, 0.15) is 0 Å². The van der Waals surface area contributed by atoms with Gasteiger partial charge in [-0.2, -0.15) is 0 Å². The molecule has 88 valence electrons. The maximum Gasteiger partial charge on any atom is 0.312 e. The molecule has 1 rings (SSSR count). The molecule has 4 N–H and O–H groups in total. The predicted molar refractivity (Wildman–Crippen MR) is 61.6 cm³/mol. The summed E-state index contributed by atoms with van der Waals surface area (Å²) in [5.74, 6) is 1.74. The first-order chi connectivity index (χ1) is 7.18. The molecule has 1 aliphatic rings. The van der Waals surface area contributed by atoms with E-state index in [2.05, 4.69) is 17.6 Å². The van der Waals surface area contributed by atoms with Crippen LogP contribution in [0.25, 0.3) is 0 Å². The lowest BCUT2D eigenvalue weighted by molar-refractivity contribution is 0.248. The number of nitrogens with two attached hydrogens (primary N) is 1. The number of nitrogens with one attached hydrogen (secondary N) is 2. The van der Waals surface area contributed by atoms with Crippen molar-refractivity contribution >= 4 is 6.03 Å². The van der Waals surface area contributed by atoms with Crippen molar-refractivity contribution in [3.63, 3.8) is 0 Å². The first-order valence-electron chi connectivity index (χ1n) is 5.92. The van der Waals surface area contributed by atoms with Gasteiger partial charge in [0.2, 0.25) is 0 Å². The lowest BCUT2D eigenvalue weighted by Gasteiger charge is -2.26. The normalized spacial score (nSPS) is 26.2. The largest absolute Gasteiger partial charge is 0.352 e. The van der Waals surface area contributed by atoms with Crippen molar-refractivity contribution in [2.24, 2.45) is 17.6 Å². The van der Waals surface area contributed by atoms with Crippen molar-refractivity contribution in [1.29, 1.82) is 0 Å². The van der Waals surface area contributed by atoms with Crippen LogP contribution < -0.4 is 16.4 Å². The molecule has 0 aromatic rings. The van der Waals surface area contributed by atoms with E-state index in [0.717, 1.165) is 24.9 Å². The second-order valence-electron chi connectivity index (χ2n) is 4.62. The third-order valence-corrected chi connectivity index (χ3v) is 3.17. The van der Waals surface area contributed by atoms with Crippen LogP contribution in [0.5, 0.6) is 0 Å². The van der Waals surface area contributed by atoms with Crippen LogP contribution >= 0.6 is 0 Å². The fraction of sp³-hybridized carbons (Fsp3) is 0.909. The Morgan fingerprint density at radius 1 is 1.27 bits per heavy atom. The highest BCUT2D eigenvalue weighted by Gasteiger charge is 2.17. The zero-order valence-corrected chi connectivity index (χ0v) is 9.59. The highest BCUT2D eigenvalue weighted by atomic mass is 16.2. The molecule has 0 saturated heterocycles. The molecule has 0 atom stereocenters. The van der Waals surface area contributed by atoms with Gasteiger partial charge in [-0.15, -0.1) is 0 Å². The Labute approximate surface area is 92.0 Å². The smallest absolute Gasteiger partial charge is 0.312 e. The second-order valence-corrected chi connectivity index (χ2v) is 4.62. The van der Waals surface area contributed by atoms with Gasteiger partial charge < -0.3 is 16.4 Å². The molecule has 0 unspecified atom stereocenters. The number of amides is 2. The molecule has 0 spiro atoms. The predicted octanol–water partition coefficient (Wildman–Crippen LogP) is 1.07. The standard InChI is InChI=1S/C11H23N3O/c1-9-2-4-10(5-3-9)8-13-6-7-14-11(12)15/h9-10,13H,2-8H2,1H3,(H3,12,14,15). The zero-order valence-electron chi connectivity index (χ0n) is 9.59. The highest BCUT2D eigenvalue weighted by Crippen LogP contribution is 2.27. The third-order valence-electron chi connectivity index (χ3n) is 3.17. The monoisotopic (exact) mass is 213 g/mol. The molecule has 4 nitrogen and oxygen atoms in total. The van der Waals surface area contributed by atoms with Gasteiger partial charge in [-0.3, -0.25) is 0 Å². The summed E-state index contributed by atoms with van der Waals surface area (Å²) in [4.78, 5) is 10.4. The Balaban J connectivity index is 1.94. The van der Waals surface area contributed by atoms with Gasteiger partial charge in [-0.25, -0.2) is 4.79 Å². The van der Waals surface area contributed by atoms with E-state index in [1.54, 1.807) is 0 Å². The van der Waals surface area contributed by atoms with E-state index in [9.17, 15) is 4.79 Å². The lowest BCUT2D eigenvalue weighted by Crippen LogP contribution is -2.37. The summed E-state index contributed by atoms with van der Waals surface area (Å²) in [6.45, 7) is 4.85. The van der Waals surface area contributed by atoms with E-state index in [0.29, 0.717) is 6.54 Å². The summed E-state index contributed by atoms with van der Waals surface area (Å²) < 4.78 is 0. The number of rotatable bonds is 5. The fourth-order valence-electron chi connectivity index (χ4n) is 2.11. The Hall–Kier alpha value is -0.770. The summed E-state index contributed by atoms with van der Waals surface area (Å²) >= 11 is 0. The summed E-state index contributed by atoms with van der Waals surface area (Å²) in [5, 5.41) is 5.92. The molecular formula is C11H23N3O. The van der Waals surface area contributed by atoms with Crippen LogP contribution in [0.3, 0.4) is 0 Å². The van der Waals surface area contributed by atoms with Crippen molar-refractivity contribution in [1.82, 2.24) is 10.6 Å². The van der Waals surface area contributed by atoms with Crippen LogP contribution in [-0.4, -0.2) is 25.7 Å². The maximum absolute atomic E-state index is 10.4. The minimum Gasteiger partial charge on any atom is -0.352 e. The molecule has 0 heterocycles. The topological polar surface area (TPSA) is 67.2 Å². The number of carbonyl (C=O) groups is 1. The summed E-state index contributed by atoms with van der Waals surface area (Å²) in [6, 6.07) is -0.441. The highest BCUT2D eigenvalue weighted by molar-refractivity contribution is 5.71. The molecule has 4 heteroatoms. The summed E-state index contributed by atoms with van der Waals surface area (Å²) in [6.07, 6.45) is 5.42. The van der Waals surface area contributed by atoms with Gasteiger partial charge in [-0.1, -0.05) is 19.8 Å². The molecule has 0 aliphatic heterocycles. The Kier molecular flexibility index (Phi) is 5.47. The lowest BCUT2D eigenvalue weighted by atomic mass is 9.83. The van der Waals surface area contributed by atoms with Gasteiger partial charge in [0.05, 0.1) is 0 Å². The average Bonchev–Trinajstić information content (AvgIpc) is 2.20. The number of primary amides is 1. The van der Waals surface area contributed by atoms with E-state index in [4.69, 9.17) is 5.73 Å². The number of carbonyl (C=O) groups excluding carboxylic acids is 1. The van der Waals surface area contributed by atoms with Crippen LogP contribution in [-0.2, 0) is 0 Å². The van der Waals surface area contributed by atoms with Gasteiger partial charge in [-0.05, 0) is 31.2 Å². The maximum atomic E-state index is 10.4. The van der Waals surface area contributed by atoms with Gasteiger partial charge in [0.15, 0.2) is 0 Å². The minimum absolute atomic E-state index is 0.441. The third kappa shape index (κ3) is 5.62. The quantitative estimate of drug-likeness (QED) is 0.598. The number of urea groups is 1. The molecule has 1 aliphatic carbocycles. The van der Waals surface area contributed by atoms with E-state index in [1.165, 1.54) is 25.7 Å². The molecule has 0 aromatic heterocycles. The van der Waals surface area contributed by atoms with E-state index < -0.39 is 6.03 Å². The zero-order chi connectivity index (χ0) is 11.1. The Morgan fingerprint density at radius 2 is 1.93 bits per heavy atom. The fourth-order valence-corrected chi connectivity index (χ4v) is 2.11. The van der Waals surface area contributed by atoms with Gasteiger partial charge in [0, 0.05) is 13.1 Å². The molecule has 0 bridgehead atoms. The van der Waals surface area contributed by atoms with Crippen molar-refractivity contribution in [2.75, 3.05) is 19.6 Å². The first kappa shape index (κ1) is 12.3. The van der Waals surface area contributed by atoms with E-state index in [-0.39, 0.29) is 0 Å². The van der Waals surface area contributed by atoms with Crippen LogP contribution in [0.15, 0.2) is 0 Å². The second kappa shape index (κ2) is 6.67. The molecular weight excluding hydrogens is 190 g/mol. The van der Waals surface area contributed by atoms with Crippen LogP contribution in [0.1, 0.15) is 32.6 Å². The summed E-state index contributed by atoms with van der Waals surface area (Å²) in [5.41, 5.74) is 4.95. The van der Waals surface area contributed by atoms with E-state index in [1.807, 2.05) is 0 Å². The van der Waals surface area contributed by atoms with Crippen LogP contribution in [0.4, 0.5) is 4.79 Å². The van der Waals surface area contributed by atoms with Crippen LogP contribution in [0, 0.1) is 11.8 Å². The summed E-state index contributed by atoms with van der Waals surface area (Å²) in [7, 11) is 0. The SMILES string of the molecule is CC1CCC(CNCCNC(N)=O)CC1. The van der Waals surface area contributed by atoms with Crippen molar-refractivity contribution < 1.29 is 4.79 Å². The molecule has 15 heavy (non-hydrogen) atoms. The van der Waals surface area contributed by atoms with Gasteiger partial charge >= 0.3 is 6.03 Å². The van der Waals surface area contributed by atoms with Crippen molar-refractivity contribution in [2.45, 2.75) is 32.6 Å². The number of hydrogen-bond acceptors (Lipinski definition) is 2. The van der Waals surface area contributed by atoms with Crippen molar-refractivity contribution in [3.8, 4) is 0 Å². The molecule has 1 fully saturated rings. The molecule has 1 saturated carbocycles. The van der Waals surface area contributed by atoms with Crippen molar-refractivity contribution in [3.05, 3.63) is 0 Å². The first-order valence-corrected chi connectivity index (χ1v) is 5.92. The van der Waals surface area contributed by atoms with Gasteiger partial charge in [0.25, 0.3) is 0 Å².